The molecule has 1 fully saturated rings. The molecule has 0 atom stereocenters. The predicted octanol–water partition coefficient (Wildman–Crippen LogP) is 4.08. The summed E-state index contributed by atoms with van der Waals surface area (Å²) in [5.74, 6) is 0.733. The highest BCUT2D eigenvalue weighted by Crippen LogP contribution is 2.38. The van der Waals surface area contributed by atoms with Gasteiger partial charge in [0.25, 0.3) is 0 Å². The summed E-state index contributed by atoms with van der Waals surface area (Å²) in [6.07, 6.45) is 4.67. The predicted molar refractivity (Wildman–Crippen MR) is 71.6 cm³/mol. The normalized spacial score (nSPS) is 14.1. The largest absolute Gasteiger partial charge is 0.241 e. The van der Waals surface area contributed by atoms with Gasteiger partial charge in [-0.1, -0.05) is 31.5 Å². The second-order valence-corrected chi connectivity index (χ2v) is 4.29. The molecule has 0 N–H and O–H groups in total. The Hall–Kier alpha value is -1.57. The van der Waals surface area contributed by atoms with Crippen molar-refractivity contribution in [3.05, 3.63) is 47.8 Å². The Morgan fingerprint density at radius 2 is 1.71 bits per heavy atom. The van der Waals surface area contributed by atoms with Gasteiger partial charge in [-0.3, -0.25) is 0 Å². The molecule has 1 aromatic carbocycles. The lowest BCUT2D eigenvalue weighted by molar-refractivity contribution is 0.837. The summed E-state index contributed by atoms with van der Waals surface area (Å²) in [5, 5.41) is 4.59. The van der Waals surface area contributed by atoms with Crippen molar-refractivity contribution >= 4 is 0 Å². The second kappa shape index (κ2) is 5.17. The van der Waals surface area contributed by atoms with Crippen LogP contribution < -0.4 is 0 Å². The highest BCUT2D eigenvalue weighted by Gasteiger charge is 2.25. The highest BCUT2D eigenvalue weighted by atomic mass is 15.3. The zero-order valence-electron chi connectivity index (χ0n) is 10.9. The molecular weight excluding hydrogens is 208 g/mol. The van der Waals surface area contributed by atoms with Crippen molar-refractivity contribution in [1.82, 2.24) is 9.78 Å². The van der Waals surface area contributed by atoms with E-state index in [1.54, 1.807) is 0 Å². The van der Waals surface area contributed by atoms with Crippen LogP contribution in [0.25, 0.3) is 5.69 Å². The highest BCUT2D eigenvalue weighted by molar-refractivity contribution is 5.34. The van der Waals surface area contributed by atoms with Gasteiger partial charge in [-0.05, 0) is 38.0 Å². The first kappa shape index (κ1) is 11.9. The molecule has 0 radical (unpaired) electrons. The molecule has 1 heterocycles. The third-order valence-corrected chi connectivity index (χ3v) is 2.90. The van der Waals surface area contributed by atoms with Crippen LogP contribution in [0.4, 0.5) is 0 Å². The van der Waals surface area contributed by atoms with E-state index in [0.717, 1.165) is 11.6 Å². The quantitative estimate of drug-likeness (QED) is 0.757. The van der Waals surface area contributed by atoms with Crippen LogP contribution in [0.3, 0.4) is 0 Å². The molecule has 2 nitrogen and oxygen atoms in total. The van der Waals surface area contributed by atoms with Crippen LogP contribution in [-0.2, 0) is 0 Å². The van der Waals surface area contributed by atoms with Crippen LogP contribution in [0.1, 0.15) is 43.9 Å². The van der Waals surface area contributed by atoms with E-state index in [4.69, 9.17) is 0 Å². The molecule has 17 heavy (non-hydrogen) atoms. The first-order valence-electron chi connectivity index (χ1n) is 6.45. The summed E-state index contributed by atoms with van der Waals surface area (Å²) in [6, 6.07) is 10.6. The molecule has 3 rings (SSSR count). The van der Waals surface area contributed by atoms with Crippen molar-refractivity contribution in [2.75, 3.05) is 0 Å². The zero-order chi connectivity index (χ0) is 12.3. The third kappa shape index (κ3) is 2.76. The maximum Gasteiger partial charge on any atom is 0.0659 e. The Balaban J connectivity index is 0.000000514. The van der Waals surface area contributed by atoms with Gasteiger partial charge in [0.05, 0.1) is 11.4 Å². The van der Waals surface area contributed by atoms with Crippen LogP contribution >= 0.6 is 0 Å². The average molecular weight is 228 g/mol. The fourth-order valence-corrected chi connectivity index (χ4v) is 1.78. The van der Waals surface area contributed by atoms with Crippen LogP contribution in [0, 0.1) is 6.92 Å². The maximum atomic E-state index is 4.59. The van der Waals surface area contributed by atoms with Crippen molar-refractivity contribution in [3.8, 4) is 5.69 Å². The minimum absolute atomic E-state index is 0.733. The van der Waals surface area contributed by atoms with Gasteiger partial charge in [-0.15, -0.1) is 0 Å². The van der Waals surface area contributed by atoms with E-state index >= 15 is 0 Å². The van der Waals surface area contributed by atoms with Gasteiger partial charge in [0.15, 0.2) is 0 Å². The van der Waals surface area contributed by atoms with Gasteiger partial charge >= 0.3 is 0 Å². The molecule has 90 valence electrons. The van der Waals surface area contributed by atoms with Gasteiger partial charge in [0, 0.05) is 12.1 Å². The second-order valence-electron chi connectivity index (χ2n) is 4.29. The Morgan fingerprint density at radius 3 is 2.29 bits per heavy atom. The van der Waals surface area contributed by atoms with Gasteiger partial charge in [0.1, 0.15) is 0 Å². The summed E-state index contributed by atoms with van der Waals surface area (Å²) >= 11 is 0. The number of aromatic nitrogens is 2. The lowest BCUT2D eigenvalue weighted by Gasteiger charge is -2.01. The molecule has 1 aliphatic rings. The van der Waals surface area contributed by atoms with Crippen LogP contribution in [0.2, 0.25) is 0 Å². The van der Waals surface area contributed by atoms with Crippen LogP contribution in [0.5, 0.6) is 0 Å². The molecule has 0 spiro atoms. The number of aryl methyl sites for hydroxylation is 1. The molecule has 2 heteroatoms. The number of hydrogen-bond donors (Lipinski definition) is 0. The molecule has 1 saturated carbocycles. The van der Waals surface area contributed by atoms with Gasteiger partial charge in [-0.25, -0.2) is 4.68 Å². The van der Waals surface area contributed by atoms with Crippen molar-refractivity contribution in [1.29, 1.82) is 0 Å². The van der Waals surface area contributed by atoms with Crippen molar-refractivity contribution < 1.29 is 0 Å². The molecule has 0 amide bonds. The zero-order valence-corrected chi connectivity index (χ0v) is 10.9. The smallest absolute Gasteiger partial charge is 0.0659 e. The molecule has 1 aromatic heterocycles. The fourth-order valence-electron chi connectivity index (χ4n) is 1.78. The maximum absolute atomic E-state index is 4.59. The van der Waals surface area contributed by atoms with E-state index in [2.05, 4.69) is 48.6 Å². The first-order chi connectivity index (χ1) is 8.33. The minimum Gasteiger partial charge on any atom is -0.241 e. The Labute approximate surface area is 103 Å². The van der Waals surface area contributed by atoms with E-state index in [1.807, 2.05) is 18.5 Å². The molecule has 0 unspecified atom stereocenters. The van der Waals surface area contributed by atoms with Crippen LogP contribution in [0.15, 0.2) is 36.5 Å². The van der Waals surface area contributed by atoms with Gasteiger partial charge in [-0.2, -0.15) is 5.10 Å². The monoisotopic (exact) mass is 228 g/mol. The summed E-state index contributed by atoms with van der Waals surface area (Å²) in [7, 11) is 0. The van der Waals surface area contributed by atoms with E-state index in [9.17, 15) is 0 Å². The number of rotatable bonds is 2. The van der Waals surface area contributed by atoms with E-state index < -0.39 is 0 Å². The summed E-state index contributed by atoms with van der Waals surface area (Å²) in [4.78, 5) is 0. The molecule has 2 aromatic rings. The fraction of sp³-hybridized carbons (Fsp3) is 0.400. The first-order valence-corrected chi connectivity index (χ1v) is 6.45. The molecule has 0 bridgehead atoms. The Bertz CT molecular complexity index is 464. The molecule has 0 saturated heterocycles. The van der Waals surface area contributed by atoms with Crippen LogP contribution in [-0.4, -0.2) is 9.78 Å². The van der Waals surface area contributed by atoms with Crippen molar-refractivity contribution in [2.45, 2.75) is 39.5 Å². The van der Waals surface area contributed by atoms with Gasteiger partial charge < -0.3 is 0 Å². The van der Waals surface area contributed by atoms with E-state index in [0.29, 0.717) is 0 Å². The van der Waals surface area contributed by atoms with Crippen molar-refractivity contribution in [3.63, 3.8) is 0 Å². The topological polar surface area (TPSA) is 17.8 Å². The molecule has 0 aliphatic heterocycles. The number of hydrogen-bond acceptors (Lipinski definition) is 1. The number of nitrogens with zero attached hydrogens (tertiary/aromatic N) is 2. The van der Waals surface area contributed by atoms with Gasteiger partial charge in [0.2, 0.25) is 0 Å². The lowest BCUT2D eigenvalue weighted by Crippen LogP contribution is -1.95. The summed E-state index contributed by atoms with van der Waals surface area (Å²) < 4.78 is 1.97. The lowest BCUT2D eigenvalue weighted by atomic mass is 10.2. The molecular formula is C15H20N2. The minimum atomic E-state index is 0.733. The Morgan fingerprint density at radius 1 is 1.06 bits per heavy atom. The summed E-state index contributed by atoms with van der Waals surface area (Å²) in [5.41, 5.74) is 3.68. The molecule has 1 aliphatic carbocycles. The standard InChI is InChI=1S/C13H14N2.C2H6/c1-10-2-6-12(7-3-10)15-9-8-13(14-15)11-4-5-11;1-2/h2-3,6-9,11H,4-5H2,1H3;1-2H3. The SMILES string of the molecule is CC.Cc1ccc(-n2ccc(C3CC3)n2)cc1. The third-order valence-electron chi connectivity index (χ3n) is 2.90. The average Bonchev–Trinajstić information content (AvgIpc) is 3.11. The summed E-state index contributed by atoms with van der Waals surface area (Å²) in [6.45, 7) is 6.10. The van der Waals surface area contributed by atoms with Crippen molar-refractivity contribution in [2.24, 2.45) is 0 Å². The van der Waals surface area contributed by atoms with E-state index in [1.165, 1.54) is 24.1 Å². The van der Waals surface area contributed by atoms with E-state index in [-0.39, 0.29) is 0 Å². The Kier molecular flexibility index (Phi) is 3.62. The number of benzene rings is 1.